The highest BCUT2D eigenvalue weighted by Gasteiger charge is 2.32. The summed E-state index contributed by atoms with van der Waals surface area (Å²) in [5.41, 5.74) is 1.39. The number of oxazole rings is 1. The summed E-state index contributed by atoms with van der Waals surface area (Å²) in [6, 6.07) is 14.7. The molecule has 0 radical (unpaired) electrons. The van der Waals surface area contributed by atoms with E-state index in [2.05, 4.69) is 4.98 Å². The van der Waals surface area contributed by atoms with Gasteiger partial charge >= 0.3 is 0 Å². The van der Waals surface area contributed by atoms with E-state index in [1.54, 1.807) is 11.8 Å². The Morgan fingerprint density at radius 1 is 1.03 bits per heavy atom. The number of nitrogens with zero attached hydrogens (tertiary/aromatic N) is 3. The molecule has 0 N–H and O–H groups in total. The molecule has 31 heavy (non-hydrogen) atoms. The SMILES string of the molecule is Cc1oc(-c2ccccc2)nc1CC(=O)N1CCN(S(=O)(=O)c2ccccc2F)CC1. The predicted octanol–water partition coefficient (Wildman–Crippen LogP) is 2.86. The molecule has 1 aliphatic rings. The van der Waals surface area contributed by atoms with Crippen LogP contribution in [0.25, 0.3) is 11.5 Å². The normalized spacial score (nSPS) is 15.2. The lowest BCUT2D eigenvalue weighted by Crippen LogP contribution is -2.51. The maximum Gasteiger partial charge on any atom is 0.246 e. The Kier molecular flexibility index (Phi) is 5.88. The van der Waals surface area contributed by atoms with Crippen LogP contribution in [0.4, 0.5) is 4.39 Å². The summed E-state index contributed by atoms with van der Waals surface area (Å²) >= 11 is 0. The number of aromatic nitrogens is 1. The van der Waals surface area contributed by atoms with Crippen molar-refractivity contribution < 1.29 is 22.0 Å². The zero-order valence-electron chi connectivity index (χ0n) is 17.0. The van der Waals surface area contributed by atoms with E-state index in [0.29, 0.717) is 17.3 Å². The van der Waals surface area contributed by atoms with Gasteiger partial charge in [-0.2, -0.15) is 4.31 Å². The quantitative estimate of drug-likeness (QED) is 0.606. The smallest absolute Gasteiger partial charge is 0.246 e. The molecule has 1 aromatic heterocycles. The van der Waals surface area contributed by atoms with Gasteiger partial charge in [0.1, 0.15) is 16.5 Å². The van der Waals surface area contributed by atoms with Gasteiger partial charge in [0.15, 0.2) is 0 Å². The first kappa shape index (κ1) is 21.2. The molecule has 0 bridgehead atoms. The highest BCUT2D eigenvalue weighted by molar-refractivity contribution is 7.89. The fourth-order valence-electron chi connectivity index (χ4n) is 3.52. The van der Waals surface area contributed by atoms with Crippen LogP contribution in [-0.2, 0) is 21.2 Å². The van der Waals surface area contributed by atoms with Gasteiger partial charge in [-0.05, 0) is 31.2 Å². The summed E-state index contributed by atoms with van der Waals surface area (Å²) in [5.74, 6) is 0.102. The van der Waals surface area contributed by atoms with Crippen molar-refractivity contribution in [1.29, 1.82) is 0 Å². The number of hydrogen-bond donors (Lipinski definition) is 0. The second-order valence-corrected chi connectivity index (χ2v) is 9.19. The zero-order chi connectivity index (χ0) is 22.0. The van der Waals surface area contributed by atoms with Gasteiger partial charge in [0.2, 0.25) is 21.8 Å². The molecule has 0 unspecified atom stereocenters. The minimum atomic E-state index is -3.94. The van der Waals surface area contributed by atoms with Crippen LogP contribution in [0, 0.1) is 12.7 Å². The van der Waals surface area contributed by atoms with E-state index in [0.717, 1.165) is 11.6 Å². The summed E-state index contributed by atoms with van der Waals surface area (Å²) in [5, 5.41) is 0. The number of rotatable bonds is 5. The van der Waals surface area contributed by atoms with Crippen molar-refractivity contribution in [3.8, 4) is 11.5 Å². The van der Waals surface area contributed by atoms with E-state index in [1.165, 1.54) is 22.5 Å². The van der Waals surface area contributed by atoms with E-state index < -0.39 is 15.8 Å². The second kappa shape index (κ2) is 8.60. The van der Waals surface area contributed by atoms with Crippen LogP contribution in [0.2, 0.25) is 0 Å². The number of hydrogen-bond acceptors (Lipinski definition) is 5. The Morgan fingerprint density at radius 3 is 2.35 bits per heavy atom. The van der Waals surface area contributed by atoms with E-state index in [9.17, 15) is 17.6 Å². The van der Waals surface area contributed by atoms with Crippen LogP contribution in [0.3, 0.4) is 0 Å². The number of benzene rings is 2. The first-order valence-corrected chi connectivity index (χ1v) is 11.3. The molecule has 0 spiro atoms. The summed E-state index contributed by atoms with van der Waals surface area (Å²) in [7, 11) is -3.94. The molecule has 9 heteroatoms. The summed E-state index contributed by atoms with van der Waals surface area (Å²) < 4.78 is 46.3. The molecule has 3 aromatic rings. The fourth-order valence-corrected chi connectivity index (χ4v) is 5.01. The molecule has 1 amide bonds. The molecule has 2 aromatic carbocycles. The van der Waals surface area contributed by atoms with Crippen LogP contribution in [0.1, 0.15) is 11.5 Å². The maximum absolute atomic E-state index is 14.0. The molecule has 1 fully saturated rings. The summed E-state index contributed by atoms with van der Waals surface area (Å²) in [6.45, 7) is 2.44. The molecule has 4 rings (SSSR count). The van der Waals surface area contributed by atoms with Gasteiger partial charge in [0.05, 0.1) is 12.1 Å². The molecule has 2 heterocycles. The molecule has 7 nitrogen and oxygen atoms in total. The number of sulfonamides is 1. The molecular formula is C22H22FN3O4S. The first-order chi connectivity index (χ1) is 14.9. The third-order valence-electron chi connectivity index (χ3n) is 5.28. The average molecular weight is 444 g/mol. The van der Waals surface area contributed by atoms with E-state index in [-0.39, 0.29) is 43.4 Å². The van der Waals surface area contributed by atoms with Crippen LogP contribution in [0.15, 0.2) is 63.9 Å². The number of carbonyl (C=O) groups is 1. The van der Waals surface area contributed by atoms with Gasteiger partial charge in [-0.15, -0.1) is 0 Å². The predicted molar refractivity (Wildman–Crippen MR) is 112 cm³/mol. The molecule has 1 saturated heterocycles. The Bertz CT molecular complexity index is 1190. The third-order valence-corrected chi connectivity index (χ3v) is 7.21. The van der Waals surface area contributed by atoms with Gasteiger partial charge < -0.3 is 9.32 Å². The standard InChI is InChI=1S/C22H22FN3O4S/c1-16-19(24-22(30-16)17-7-3-2-4-8-17)15-21(27)25-11-13-26(14-12-25)31(28,29)20-10-6-5-9-18(20)23/h2-10H,11-15H2,1H3. The molecule has 162 valence electrons. The largest absolute Gasteiger partial charge is 0.441 e. The van der Waals surface area contributed by atoms with Crippen molar-refractivity contribution >= 4 is 15.9 Å². The van der Waals surface area contributed by atoms with Gasteiger partial charge in [-0.25, -0.2) is 17.8 Å². The van der Waals surface area contributed by atoms with Gasteiger partial charge in [0, 0.05) is 31.7 Å². The van der Waals surface area contributed by atoms with E-state index >= 15 is 0 Å². The van der Waals surface area contributed by atoms with Crippen LogP contribution < -0.4 is 0 Å². The maximum atomic E-state index is 14.0. The van der Waals surface area contributed by atoms with Crippen molar-refractivity contribution in [2.75, 3.05) is 26.2 Å². The molecule has 0 aliphatic carbocycles. The van der Waals surface area contributed by atoms with Gasteiger partial charge in [-0.3, -0.25) is 4.79 Å². The number of amides is 1. The Hall–Kier alpha value is -3.04. The number of aryl methyl sites for hydroxylation is 1. The van der Waals surface area contributed by atoms with Crippen molar-refractivity contribution in [1.82, 2.24) is 14.2 Å². The zero-order valence-corrected chi connectivity index (χ0v) is 17.8. The lowest BCUT2D eigenvalue weighted by atomic mass is 10.2. The Balaban J connectivity index is 1.40. The number of piperazine rings is 1. The summed E-state index contributed by atoms with van der Waals surface area (Å²) in [6.07, 6.45) is 0.0717. The van der Waals surface area contributed by atoms with Crippen LogP contribution >= 0.6 is 0 Å². The second-order valence-electron chi connectivity index (χ2n) is 7.28. The first-order valence-electron chi connectivity index (χ1n) is 9.90. The van der Waals surface area contributed by atoms with Crippen molar-refractivity contribution in [2.45, 2.75) is 18.2 Å². The molecule has 0 saturated carbocycles. The average Bonchev–Trinajstić information content (AvgIpc) is 3.15. The molecular weight excluding hydrogens is 421 g/mol. The Morgan fingerprint density at radius 2 is 1.68 bits per heavy atom. The van der Waals surface area contributed by atoms with Crippen molar-refractivity contribution in [3.05, 3.63) is 71.9 Å². The molecule has 0 atom stereocenters. The minimum absolute atomic E-state index is 0.0717. The third kappa shape index (κ3) is 4.38. The minimum Gasteiger partial charge on any atom is -0.441 e. The van der Waals surface area contributed by atoms with Crippen LogP contribution in [-0.4, -0.2) is 54.7 Å². The topological polar surface area (TPSA) is 83.7 Å². The van der Waals surface area contributed by atoms with Gasteiger partial charge in [0.25, 0.3) is 0 Å². The highest BCUT2D eigenvalue weighted by Crippen LogP contribution is 2.23. The van der Waals surface area contributed by atoms with E-state index in [1.807, 2.05) is 30.3 Å². The van der Waals surface area contributed by atoms with Gasteiger partial charge in [-0.1, -0.05) is 30.3 Å². The highest BCUT2D eigenvalue weighted by atomic mass is 32.2. The fraction of sp³-hybridized carbons (Fsp3) is 0.273. The number of carbonyl (C=O) groups excluding carboxylic acids is 1. The monoisotopic (exact) mass is 443 g/mol. The lowest BCUT2D eigenvalue weighted by Gasteiger charge is -2.34. The van der Waals surface area contributed by atoms with Crippen molar-refractivity contribution in [2.24, 2.45) is 0 Å². The van der Waals surface area contributed by atoms with E-state index in [4.69, 9.17) is 4.42 Å². The summed E-state index contributed by atoms with van der Waals surface area (Å²) in [4.78, 5) is 18.5. The molecule has 1 aliphatic heterocycles. The van der Waals surface area contributed by atoms with Crippen molar-refractivity contribution in [3.63, 3.8) is 0 Å². The number of halogens is 1. The lowest BCUT2D eigenvalue weighted by molar-refractivity contribution is -0.131. The van der Waals surface area contributed by atoms with Crippen LogP contribution in [0.5, 0.6) is 0 Å². The Labute approximate surface area is 180 Å².